The van der Waals surface area contributed by atoms with Crippen LogP contribution >= 0.6 is 11.8 Å². The average Bonchev–Trinajstić information content (AvgIpc) is 2.36. The number of thioether (sulfide) groups is 1. The molecule has 0 bridgehead atoms. The van der Waals surface area contributed by atoms with E-state index in [9.17, 15) is 9.59 Å². The van der Waals surface area contributed by atoms with Crippen LogP contribution in [0, 0.1) is 5.92 Å². The minimum absolute atomic E-state index is 0.0271. The molecule has 2 amide bonds. The molecule has 0 aromatic carbocycles. The van der Waals surface area contributed by atoms with E-state index in [1.54, 1.807) is 4.90 Å². The molecule has 0 aromatic rings. The highest BCUT2D eigenvalue weighted by molar-refractivity contribution is 7.98. The molecule has 1 saturated heterocycles. The van der Waals surface area contributed by atoms with E-state index >= 15 is 0 Å². The van der Waals surface area contributed by atoms with Crippen molar-refractivity contribution < 1.29 is 9.59 Å². The number of nitrogens with zero attached hydrogens (tertiary/aromatic N) is 1. The average molecular weight is 286 g/mol. The van der Waals surface area contributed by atoms with Gasteiger partial charge in [-0.2, -0.15) is 11.8 Å². The molecule has 19 heavy (non-hydrogen) atoms. The lowest BCUT2D eigenvalue weighted by molar-refractivity contribution is -0.145. The summed E-state index contributed by atoms with van der Waals surface area (Å²) in [4.78, 5) is 25.5. The summed E-state index contributed by atoms with van der Waals surface area (Å²) in [6.45, 7) is 4.88. The van der Waals surface area contributed by atoms with Crippen LogP contribution in [0.3, 0.4) is 0 Å². The Balaban J connectivity index is 2.31. The fraction of sp³-hybridized carbons (Fsp3) is 0.857. The standard InChI is InChI=1S/C14H26N2O2S/c1-11(2)13-14(18)16(10-12(17)15-13)8-6-4-5-7-9-19-3/h11,13H,4-10H2,1-3H3,(H,15,17). The van der Waals surface area contributed by atoms with Gasteiger partial charge in [-0.3, -0.25) is 9.59 Å². The second-order valence-corrected chi connectivity index (χ2v) is 6.44. The van der Waals surface area contributed by atoms with Crippen molar-refractivity contribution in [2.24, 2.45) is 5.92 Å². The van der Waals surface area contributed by atoms with Crippen molar-refractivity contribution in [1.29, 1.82) is 0 Å². The van der Waals surface area contributed by atoms with Gasteiger partial charge in [-0.05, 0) is 30.8 Å². The van der Waals surface area contributed by atoms with Crippen LogP contribution in [0.2, 0.25) is 0 Å². The summed E-state index contributed by atoms with van der Waals surface area (Å²) in [7, 11) is 0. The molecule has 0 aliphatic carbocycles. The monoisotopic (exact) mass is 286 g/mol. The fourth-order valence-electron chi connectivity index (χ4n) is 2.27. The molecule has 1 rings (SSSR count). The van der Waals surface area contributed by atoms with Crippen LogP contribution in [0.1, 0.15) is 39.5 Å². The normalized spacial score (nSPS) is 20.0. The maximum Gasteiger partial charge on any atom is 0.245 e. The highest BCUT2D eigenvalue weighted by Gasteiger charge is 2.33. The third-order valence-electron chi connectivity index (χ3n) is 3.42. The predicted molar refractivity (Wildman–Crippen MR) is 80.2 cm³/mol. The second kappa shape index (κ2) is 8.46. The molecular formula is C14H26N2O2S. The van der Waals surface area contributed by atoms with Gasteiger partial charge in [0.25, 0.3) is 0 Å². The van der Waals surface area contributed by atoms with Gasteiger partial charge in [0.05, 0.1) is 6.54 Å². The zero-order valence-corrected chi connectivity index (χ0v) is 13.1. The first kappa shape index (κ1) is 16.3. The van der Waals surface area contributed by atoms with Gasteiger partial charge < -0.3 is 10.2 Å². The number of carbonyl (C=O) groups is 2. The van der Waals surface area contributed by atoms with Crippen LogP contribution in [0.5, 0.6) is 0 Å². The summed E-state index contributed by atoms with van der Waals surface area (Å²) in [5.41, 5.74) is 0. The number of amides is 2. The Morgan fingerprint density at radius 1 is 1.26 bits per heavy atom. The van der Waals surface area contributed by atoms with Crippen LogP contribution in [0.4, 0.5) is 0 Å². The van der Waals surface area contributed by atoms with Crippen LogP contribution in [-0.2, 0) is 9.59 Å². The molecule has 1 aliphatic heterocycles. The summed E-state index contributed by atoms with van der Waals surface area (Å²) in [6.07, 6.45) is 6.71. The van der Waals surface area contributed by atoms with E-state index < -0.39 is 0 Å². The van der Waals surface area contributed by atoms with E-state index in [1.807, 2.05) is 25.6 Å². The van der Waals surface area contributed by atoms with Crippen molar-refractivity contribution in [2.75, 3.05) is 25.1 Å². The molecule has 1 atom stereocenters. The van der Waals surface area contributed by atoms with E-state index in [0.29, 0.717) is 0 Å². The number of rotatable bonds is 8. The summed E-state index contributed by atoms with van der Waals surface area (Å²) in [6, 6.07) is -0.335. The number of hydrogen-bond donors (Lipinski definition) is 1. The van der Waals surface area contributed by atoms with Crippen molar-refractivity contribution in [3.05, 3.63) is 0 Å². The molecule has 110 valence electrons. The first-order valence-corrected chi connectivity index (χ1v) is 8.52. The Morgan fingerprint density at radius 2 is 1.95 bits per heavy atom. The Bertz CT molecular complexity index is 308. The Hall–Kier alpha value is -0.710. The Kier molecular flexibility index (Phi) is 7.28. The van der Waals surface area contributed by atoms with E-state index in [1.165, 1.54) is 18.6 Å². The largest absolute Gasteiger partial charge is 0.343 e. The molecule has 1 aliphatic rings. The molecule has 0 aromatic heterocycles. The van der Waals surface area contributed by atoms with E-state index in [4.69, 9.17) is 0 Å². The van der Waals surface area contributed by atoms with Crippen molar-refractivity contribution in [3.63, 3.8) is 0 Å². The number of unbranched alkanes of at least 4 members (excludes halogenated alkanes) is 3. The molecule has 1 heterocycles. The Labute approximate surface area is 120 Å². The lowest BCUT2D eigenvalue weighted by atomic mass is 10.0. The first-order chi connectivity index (χ1) is 9.06. The van der Waals surface area contributed by atoms with Gasteiger partial charge in [-0.25, -0.2) is 0 Å². The molecule has 0 radical (unpaired) electrons. The number of piperazine rings is 1. The topological polar surface area (TPSA) is 49.4 Å². The van der Waals surface area contributed by atoms with Gasteiger partial charge in [0.15, 0.2) is 0 Å². The molecule has 1 fully saturated rings. The van der Waals surface area contributed by atoms with Crippen LogP contribution in [-0.4, -0.2) is 47.9 Å². The van der Waals surface area contributed by atoms with Crippen LogP contribution in [0.25, 0.3) is 0 Å². The molecular weight excluding hydrogens is 260 g/mol. The van der Waals surface area contributed by atoms with Gasteiger partial charge in [0.1, 0.15) is 6.04 Å². The molecule has 1 N–H and O–H groups in total. The molecule has 5 heteroatoms. The summed E-state index contributed by atoms with van der Waals surface area (Å²) in [5, 5.41) is 2.78. The van der Waals surface area contributed by atoms with Crippen LogP contribution < -0.4 is 5.32 Å². The van der Waals surface area contributed by atoms with Gasteiger partial charge in [-0.15, -0.1) is 0 Å². The fourth-order valence-corrected chi connectivity index (χ4v) is 2.77. The summed E-state index contributed by atoms with van der Waals surface area (Å²) >= 11 is 1.87. The number of nitrogens with one attached hydrogen (secondary N) is 1. The minimum atomic E-state index is -0.335. The molecule has 0 spiro atoms. The summed E-state index contributed by atoms with van der Waals surface area (Å²) < 4.78 is 0. The van der Waals surface area contributed by atoms with Gasteiger partial charge >= 0.3 is 0 Å². The third kappa shape index (κ3) is 5.43. The number of carbonyl (C=O) groups excluding carboxylic acids is 2. The van der Waals surface area contributed by atoms with Crippen molar-refractivity contribution in [3.8, 4) is 0 Å². The zero-order valence-electron chi connectivity index (χ0n) is 12.3. The quantitative estimate of drug-likeness (QED) is 0.693. The molecule has 1 unspecified atom stereocenters. The first-order valence-electron chi connectivity index (χ1n) is 7.13. The van der Waals surface area contributed by atoms with Crippen LogP contribution in [0.15, 0.2) is 0 Å². The van der Waals surface area contributed by atoms with E-state index in [2.05, 4.69) is 11.6 Å². The van der Waals surface area contributed by atoms with Gasteiger partial charge in [0, 0.05) is 6.54 Å². The van der Waals surface area contributed by atoms with E-state index in [0.717, 1.165) is 19.4 Å². The molecule has 4 nitrogen and oxygen atoms in total. The number of hydrogen-bond acceptors (Lipinski definition) is 3. The van der Waals surface area contributed by atoms with Gasteiger partial charge in [0.2, 0.25) is 11.8 Å². The molecule has 0 saturated carbocycles. The second-order valence-electron chi connectivity index (χ2n) is 5.46. The maximum atomic E-state index is 12.2. The highest BCUT2D eigenvalue weighted by Crippen LogP contribution is 2.12. The predicted octanol–water partition coefficient (Wildman–Crippen LogP) is 1.89. The third-order valence-corrected chi connectivity index (χ3v) is 4.12. The lowest BCUT2D eigenvalue weighted by Crippen LogP contribution is -2.59. The van der Waals surface area contributed by atoms with Crippen molar-refractivity contribution in [2.45, 2.75) is 45.6 Å². The smallest absolute Gasteiger partial charge is 0.245 e. The van der Waals surface area contributed by atoms with E-state index in [-0.39, 0.29) is 30.3 Å². The van der Waals surface area contributed by atoms with Gasteiger partial charge in [-0.1, -0.05) is 26.7 Å². The highest BCUT2D eigenvalue weighted by atomic mass is 32.2. The zero-order chi connectivity index (χ0) is 14.3. The van der Waals surface area contributed by atoms with Crippen molar-refractivity contribution >= 4 is 23.6 Å². The SMILES string of the molecule is CSCCCCCCN1CC(=O)NC(C(C)C)C1=O. The summed E-state index contributed by atoms with van der Waals surface area (Å²) in [5.74, 6) is 1.42. The minimum Gasteiger partial charge on any atom is -0.343 e. The lowest BCUT2D eigenvalue weighted by Gasteiger charge is -2.34. The Morgan fingerprint density at radius 3 is 2.58 bits per heavy atom. The maximum absolute atomic E-state index is 12.2. The van der Waals surface area contributed by atoms with Crippen molar-refractivity contribution in [1.82, 2.24) is 10.2 Å².